The zero-order valence-corrected chi connectivity index (χ0v) is 14.4. The molecule has 8 heteroatoms. The summed E-state index contributed by atoms with van der Waals surface area (Å²) in [6.07, 6.45) is -0.573. The van der Waals surface area contributed by atoms with Crippen LogP contribution in [0, 0.1) is 0 Å². The van der Waals surface area contributed by atoms with E-state index in [2.05, 4.69) is 10.6 Å². The van der Waals surface area contributed by atoms with Crippen LogP contribution in [0.4, 0.5) is 21.0 Å². The van der Waals surface area contributed by atoms with Crippen molar-refractivity contribution in [2.45, 2.75) is 33.3 Å². The number of hydrogen-bond acceptors (Lipinski definition) is 5. The molecule has 1 aromatic rings. The number of carbonyl (C=O) groups excluding carboxylic acids is 3. The summed E-state index contributed by atoms with van der Waals surface area (Å²) in [4.78, 5) is 36.4. The second kappa shape index (κ2) is 8.19. The molecule has 0 aliphatic rings. The number of imide groups is 1. The summed E-state index contributed by atoms with van der Waals surface area (Å²) in [5.74, 6) is -0.446. The molecule has 24 heavy (non-hydrogen) atoms. The van der Waals surface area contributed by atoms with E-state index in [0.29, 0.717) is 11.4 Å². The molecule has 0 unspecified atom stereocenters. The van der Waals surface area contributed by atoms with E-state index in [4.69, 9.17) is 10.5 Å². The third kappa shape index (κ3) is 6.55. The van der Waals surface area contributed by atoms with E-state index < -0.39 is 23.6 Å². The number of nitrogens with zero attached hydrogens (tertiary/aromatic N) is 1. The summed E-state index contributed by atoms with van der Waals surface area (Å²) in [5, 5.41) is 5.07. The van der Waals surface area contributed by atoms with Crippen LogP contribution in [0.5, 0.6) is 0 Å². The predicted molar refractivity (Wildman–Crippen MR) is 91.6 cm³/mol. The molecule has 1 aromatic carbocycles. The molecule has 0 spiro atoms. The van der Waals surface area contributed by atoms with Gasteiger partial charge in [0.05, 0.1) is 5.69 Å². The number of hydrogen-bond donors (Lipinski definition) is 3. The minimum Gasteiger partial charge on any atom is -0.444 e. The molecule has 0 atom stereocenters. The molecule has 0 aromatic heterocycles. The van der Waals surface area contributed by atoms with Gasteiger partial charge < -0.3 is 21.1 Å². The van der Waals surface area contributed by atoms with Crippen LogP contribution in [0.2, 0.25) is 0 Å². The molecular weight excluding hydrogens is 312 g/mol. The van der Waals surface area contributed by atoms with Crippen molar-refractivity contribution in [3.63, 3.8) is 0 Å². The highest BCUT2D eigenvalue weighted by Crippen LogP contribution is 2.17. The van der Waals surface area contributed by atoms with E-state index in [1.807, 2.05) is 0 Å². The predicted octanol–water partition coefficient (Wildman–Crippen LogP) is 1.86. The molecule has 0 aliphatic carbocycles. The second-order valence-corrected chi connectivity index (χ2v) is 6.11. The van der Waals surface area contributed by atoms with Crippen molar-refractivity contribution < 1.29 is 19.1 Å². The smallest absolute Gasteiger partial charge is 0.407 e. The van der Waals surface area contributed by atoms with E-state index >= 15 is 0 Å². The number of nitrogen functional groups attached to an aromatic ring is 1. The number of urea groups is 1. The summed E-state index contributed by atoms with van der Waals surface area (Å²) in [6.45, 7) is 6.86. The number of nitrogens with one attached hydrogen (secondary N) is 2. The van der Waals surface area contributed by atoms with Crippen molar-refractivity contribution in [2.24, 2.45) is 0 Å². The number of ether oxygens (including phenoxy) is 1. The molecule has 0 saturated heterocycles. The third-order valence-corrected chi connectivity index (χ3v) is 2.72. The van der Waals surface area contributed by atoms with Gasteiger partial charge in [-0.1, -0.05) is 6.07 Å². The van der Waals surface area contributed by atoms with Crippen molar-refractivity contribution in [1.29, 1.82) is 0 Å². The molecule has 8 nitrogen and oxygen atoms in total. The molecule has 0 bridgehead atoms. The number of alkyl carbamates (subject to hydrolysis) is 1. The normalized spacial score (nSPS) is 10.7. The number of anilines is 2. The standard InChI is InChI=1S/C16H24N4O4/c1-11(21)20(13-7-5-6-12(17)10-13)14(22)18-8-9-19-15(23)24-16(2,3)4/h5-7,10H,8-9,17H2,1-4H3,(H,18,22)(H,19,23). The maximum absolute atomic E-state index is 12.2. The Kier molecular flexibility index (Phi) is 6.58. The van der Waals surface area contributed by atoms with E-state index in [9.17, 15) is 14.4 Å². The Hall–Kier alpha value is -2.77. The van der Waals surface area contributed by atoms with Crippen molar-refractivity contribution >= 4 is 29.4 Å². The minimum atomic E-state index is -0.598. The quantitative estimate of drug-likeness (QED) is 0.573. The minimum absolute atomic E-state index is 0.143. The number of rotatable bonds is 4. The lowest BCUT2D eigenvalue weighted by molar-refractivity contribution is -0.115. The summed E-state index contributed by atoms with van der Waals surface area (Å²) in [7, 11) is 0. The van der Waals surface area contributed by atoms with Crippen molar-refractivity contribution in [2.75, 3.05) is 23.7 Å². The Bertz CT molecular complexity index is 610. The molecular formula is C16H24N4O4. The summed E-state index contributed by atoms with van der Waals surface area (Å²) >= 11 is 0. The average molecular weight is 336 g/mol. The van der Waals surface area contributed by atoms with Gasteiger partial charge in [-0.25, -0.2) is 14.5 Å². The molecule has 1 rings (SSSR count). The first-order valence-corrected chi connectivity index (χ1v) is 7.51. The molecule has 4 amide bonds. The first-order chi connectivity index (χ1) is 11.1. The Labute approximate surface area is 141 Å². The average Bonchev–Trinajstić information content (AvgIpc) is 2.41. The van der Waals surface area contributed by atoms with Crippen LogP contribution in [0.15, 0.2) is 24.3 Å². The first kappa shape index (κ1) is 19.3. The van der Waals surface area contributed by atoms with Gasteiger partial charge in [-0.05, 0) is 39.0 Å². The Morgan fingerprint density at radius 3 is 2.33 bits per heavy atom. The van der Waals surface area contributed by atoms with Crippen LogP contribution >= 0.6 is 0 Å². The van der Waals surface area contributed by atoms with Crippen LogP contribution < -0.4 is 21.3 Å². The number of amides is 4. The highest BCUT2D eigenvalue weighted by molar-refractivity contribution is 6.13. The molecule has 4 N–H and O–H groups in total. The largest absolute Gasteiger partial charge is 0.444 e. The monoisotopic (exact) mass is 336 g/mol. The molecule has 0 aliphatic heterocycles. The van der Waals surface area contributed by atoms with Crippen LogP contribution in [0.1, 0.15) is 27.7 Å². The number of carbonyl (C=O) groups is 3. The lowest BCUT2D eigenvalue weighted by Gasteiger charge is -2.21. The summed E-state index contributed by atoms with van der Waals surface area (Å²) in [5.41, 5.74) is 5.90. The van der Waals surface area contributed by atoms with E-state index in [1.165, 1.54) is 13.0 Å². The van der Waals surface area contributed by atoms with E-state index in [1.54, 1.807) is 39.0 Å². The van der Waals surface area contributed by atoms with Gasteiger partial charge in [-0.15, -0.1) is 0 Å². The SMILES string of the molecule is CC(=O)N(C(=O)NCCNC(=O)OC(C)(C)C)c1cccc(N)c1. The molecule has 0 radical (unpaired) electrons. The molecule has 0 heterocycles. The lowest BCUT2D eigenvalue weighted by Crippen LogP contribution is -2.45. The van der Waals surface area contributed by atoms with Gasteiger partial charge in [-0.3, -0.25) is 4.79 Å². The molecule has 0 saturated carbocycles. The van der Waals surface area contributed by atoms with Crippen molar-refractivity contribution in [3.8, 4) is 0 Å². The summed E-state index contributed by atoms with van der Waals surface area (Å²) < 4.78 is 5.07. The highest BCUT2D eigenvalue weighted by atomic mass is 16.6. The molecule has 132 valence electrons. The Morgan fingerprint density at radius 2 is 1.79 bits per heavy atom. The number of nitrogens with two attached hydrogens (primary N) is 1. The van der Waals surface area contributed by atoms with Crippen molar-refractivity contribution in [3.05, 3.63) is 24.3 Å². The lowest BCUT2D eigenvalue weighted by atomic mass is 10.2. The van der Waals surface area contributed by atoms with Gasteiger partial charge in [0, 0.05) is 25.7 Å². The Morgan fingerprint density at radius 1 is 1.17 bits per heavy atom. The van der Waals surface area contributed by atoms with Gasteiger partial charge in [0.2, 0.25) is 5.91 Å². The second-order valence-electron chi connectivity index (χ2n) is 6.11. The van der Waals surface area contributed by atoms with Gasteiger partial charge in [0.25, 0.3) is 0 Å². The van der Waals surface area contributed by atoms with Crippen LogP contribution in [0.3, 0.4) is 0 Å². The summed E-state index contributed by atoms with van der Waals surface area (Å²) in [6, 6.07) is 5.85. The Balaban J connectivity index is 2.53. The fraction of sp³-hybridized carbons (Fsp3) is 0.438. The third-order valence-electron chi connectivity index (χ3n) is 2.72. The maximum atomic E-state index is 12.2. The van der Waals surface area contributed by atoms with Gasteiger partial charge in [-0.2, -0.15) is 0 Å². The highest BCUT2D eigenvalue weighted by Gasteiger charge is 2.20. The molecule has 0 fully saturated rings. The zero-order chi connectivity index (χ0) is 18.3. The van der Waals surface area contributed by atoms with E-state index in [0.717, 1.165) is 4.90 Å². The maximum Gasteiger partial charge on any atom is 0.407 e. The van der Waals surface area contributed by atoms with Crippen molar-refractivity contribution in [1.82, 2.24) is 10.6 Å². The van der Waals surface area contributed by atoms with Crippen LogP contribution in [-0.4, -0.2) is 36.7 Å². The van der Waals surface area contributed by atoms with Gasteiger partial charge in [0.15, 0.2) is 0 Å². The topological polar surface area (TPSA) is 114 Å². The van der Waals surface area contributed by atoms with Crippen LogP contribution in [0.25, 0.3) is 0 Å². The number of benzene rings is 1. The zero-order valence-electron chi connectivity index (χ0n) is 14.4. The van der Waals surface area contributed by atoms with E-state index in [-0.39, 0.29) is 13.1 Å². The van der Waals surface area contributed by atoms with Gasteiger partial charge in [0.1, 0.15) is 5.60 Å². The van der Waals surface area contributed by atoms with Gasteiger partial charge >= 0.3 is 12.1 Å². The first-order valence-electron chi connectivity index (χ1n) is 7.51. The fourth-order valence-corrected chi connectivity index (χ4v) is 1.83. The fourth-order valence-electron chi connectivity index (χ4n) is 1.83. The van der Waals surface area contributed by atoms with Crippen LogP contribution in [-0.2, 0) is 9.53 Å².